The first-order chi connectivity index (χ1) is 12.6. The number of phenolic OH excluding ortho intramolecular Hbond substituents is 1. The highest BCUT2D eigenvalue weighted by Gasteiger charge is 2.07. The maximum absolute atomic E-state index is 13.4. The number of phenols is 1. The molecule has 0 saturated heterocycles. The molecule has 0 fully saturated rings. The van der Waals surface area contributed by atoms with Crippen LogP contribution in [0.5, 0.6) is 17.2 Å². The second-order valence-corrected chi connectivity index (χ2v) is 5.51. The number of benzene rings is 2. The summed E-state index contributed by atoms with van der Waals surface area (Å²) >= 11 is 0. The number of aliphatic imine (C=N–C) groups is 1. The van der Waals surface area contributed by atoms with Crippen LogP contribution < -0.4 is 20.1 Å². The lowest BCUT2D eigenvalue weighted by Crippen LogP contribution is -2.36. The zero-order valence-electron chi connectivity index (χ0n) is 15.6. The molecule has 0 amide bonds. The van der Waals surface area contributed by atoms with Crippen molar-refractivity contribution in [2.24, 2.45) is 4.99 Å². The summed E-state index contributed by atoms with van der Waals surface area (Å²) in [5.41, 5.74) is 1.62. The van der Waals surface area contributed by atoms with Crippen LogP contribution in [0.4, 0.5) is 4.39 Å². The van der Waals surface area contributed by atoms with Gasteiger partial charge in [-0.2, -0.15) is 0 Å². The summed E-state index contributed by atoms with van der Waals surface area (Å²) in [5, 5.41) is 15.6. The quantitative estimate of drug-likeness (QED) is 0.316. The third kappa shape index (κ3) is 6.78. The summed E-state index contributed by atoms with van der Waals surface area (Å²) in [6, 6.07) is 9.84. The number of ether oxygens (including phenoxy) is 2. The number of guanidine groups is 1. The fourth-order valence-corrected chi connectivity index (χ4v) is 2.34. The molecule has 0 atom stereocenters. The second kappa shape index (κ2) is 11.5. The molecule has 6 nitrogen and oxygen atoms in total. The minimum atomic E-state index is -0.654. The Hall–Kier alpha value is -2.23. The maximum Gasteiger partial charge on any atom is 0.191 e. The number of nitrogens with one attached hydrogen (secondary N) is 2. The summed E-state index contributed by atoms with van der Waals surface area (Å²) < 4.78 is 24.0. The van der Waals surface area contributed by atoms with Gasteiger partial charge in [-0.3, -0.25) is 0 Å². The molecule has 3 N–H and O–H groups in total. The van der Waals surface area contributed by atoms with E-state index < -0.39 is 5.82 Å². The van der Waals surface area contributed by atoms with Gasteiger partial charge >= 0.3 is 0 Å². The topological polar surface area (TPSA) is 75.1 Å². The van der Waals surface area contributed by atoms with E-state index in [0.29, 0.717) is 30.4 Å². The fraction of sp³-hybridized carbons (Fsp3) is 0.316. The summed E-state index contributed by atoms with van der Waals surface area (Å²) in [4.78, 5) is 4.44. The van der Waals surface area contributed by atoms with Crippen molar-refractivity contribution in [1.82, 2.24) is 10.6 Å². The van der Waals surface area contributed by atoms with Gasteiger partial charge in [0.15, 0.2) is 17.5 Å². The van der Waals surface area contributed by atoms with Crippen molar-refractivity contribution in [1.29, 1.82) is 0 Å². The van der Waals surface area contributed by atoms with E-state index in [9.17, 15) is 9.50 Å². The molecule has 148 valence electrons. The number of hydrogen-bond donors (Lipinski definition) is 3. The van der Waals surface area contributed by atoms with Gasteiger partial charge in [0, 0.05) is 24.7 Å². The van der Waals surface area contributed by atoms with E-state index in [4.69, 9.17) is 9.47 Å². The van der Waals surface area contributed by atoms with Crippen LogP contribution in [0.2, 0.25) is 0 Å². The van der Waals surface area contributed by atoms with Gasteiger partial charge in [-0.15, -0.1) is 24.0 Å². The highest BCUT2D eigenvalue weighted by atomic mass is 127. The molecule has 2 aromatic carbocycles. The maximum atomic E-state index is 13.4. The lowest BCUT2D eigenvalue weighted by Gasteiger charge is -2.14. The zero-order valence-corrected chi connectivity index (χ0v) is 17.9. The van der Waals surface area contributed by atoms with E-state index in [0.717, 1.165) is 11.3 Å². The zero-order chi connectivity index (χ0) is 18.9. The largest absolute Gasteiger partial charge is 0.505 e. The molecule has 0 heterocycles. The summed E-state index contributed by atoms with van der Waals surface area (Å²) in [6.45, 7) is 3.44. The van der Waals surface area contributed by atoms with E-state index in [1.54, 1.807) is 20.3 Å². The predicted molar refractivity (Wildman–Crippen MR) is 115 cm³/mol. The molecule has 8 heteroatoms. The third-order valence-corrected chi connectivity index (χ3v) is 3.72. The Morgan fingerprint density at radius 1 is 1.11 bits per heavy atom. The van der Waals surface area contributed by atoms with Crippen LogP contribution in [0.1, 0.15) is 18.1 Å². The van der Waals surface area contributed by atoms with Crippen LogP contribution in [0, 0.1) is 5.82 Å². The summed E-state index contributed by atoms with van der Waals surface area (Å²) in [5.74, 6) is 1.01. The molecule has 0 aliphatic heterocycles. The van der Waals surface area contributed by atoms with Gasteiger partial charge in [-0.25, -0.2) is 9.38 Å². The van der Waals surface area contributed by atoms with Crippen LogP contribution in [0.15, 0.2) is 41.4 Å². The Morgan fingerprint density at radius 2 is 1.89 bits per heavy atom. The highest BCUT2D eigenvalue weighted by Crippen LogP contribution is 2.24. The molecule has 0 aromatic heterocycles. The van der Waals surface area contributed by atoms with Crippen molar-refractivity contribution < 1.29 is 19.0 Å². The monoisotopic (exact) mass is 489 g/mol. The average molecular weight is 489 g/mol. The van der Waals surface area contributed by atoms with Crippen molar-refractivity contribution in [3.05, 3.63) is 53.3 Å². The molecule has 2 aromatic rings. The second-order valence-electron chi connectivity index (χ2n) is 5.51. The molecule has 0 radical (unpaired) electrons. The molecule has 0 aliphatic rings. The minimum absolute atomic E-state index is 0. The number of rotatable bonds is 7. The molecule has 27 heavy (non-hydrogen) atoms. The van der Waals surface area contributed by atoms with E-state index in [1.807, 2.05) is 25.1 Å². The van der Waals surface area contributed by atoms with Gasteiger partial charge in [0.25, 0.3) is 0 Å². The number of nitrogens with zero attached hydrogens (tertiary/aromatic N) is 1. The van der Waals surface area contributed by atoms with E-state index in [-0.39, 0.29) is 36.3 Å². The molecule has 0 saturated carbocycles. The Morgan fingerprint density at radius 3 is 2.52 bits per heavy atom. The number of methoxy groups -OCH3 is 2. The van der Waals surface area contributed by atoms with Crippen molar-refractivity contribution in [2.75, 3.05) is 20.8 Å². The van der Waals surface area contributed by atoms with Crippen LogP contribution in [-0.2, 0) is 13.1 Å². The first-order valence-electron chi connectivity index (χ1n) is 8.27. The van der Waals surface area contributed by atoms with Gasteiger partial charge in [0.1, 0.15) is 11.5 Å². The van der Waals surface area contributed by atoms with Crippen molar-refractivity contribution in [2.45, 2.75) is 20.0 Å². The Balaban J connectivity index is 0.00000364. The van der Waals surface area contributed by atoms with E-state index >= 15 is 0 Å². The Labute approximate surface area is 175 Å². The van der Waals surface area contributed by atoms with Crippen molar-refractivity contribution >= 4 is 29.9 Å². The molecule has 0 aliphatic carbocycles. The molecule has 0 unspecified atom stereocenters. The van der Waals surface area contributed by atoms with Gasteiger partial charge in [0.05, 0.1) is 20.8 Å². The number of halogens is 2. The fourth-order valence-electron chi connectivity index (χ4n) is 2.34. The van der Waals surface area contributed by atoms with E-state index in [2.05, 4.69) is 15.6 Å². The van der Waals surface area contributed by atoms with Gasteiger partial charge < -0.3 is 25.2 Å². The number of hydrogen-bond acceptors (Lipinski definition) is 4. The molecular weight excluding hydrogens is 464 g/mol. The number of aromatic hydroxyl groups is 1. The van der Waals surface area contributed by atoms with Crippen LogP contribution >= 0.6 is 24.0 Å². The first-order valence-corrected chi connectivity index (χ1v) is 8.27. The standard InChI is InChI=1S/C19H24FN3O3.HI/c1-4-21-19(22-11-13-5-8-17(24)16(20)9-13)23-12-14-6-7-15(25-2)10-18(14)26-3;/h5-10,24H,4,11-12H2,1-3H3,(H2,21,22,23);1H. The van der Waals surface area contributed by atoms with Crippen LogP contribution in [-0.4, -0.2) is 31.8 Å². The molecular formula is C19H25FIN3O3. The summed E-state index contributed by atoms with van der Waals surface area (Å²) in [6.07, 6.45) is 0. The lowest BCUT2D eigenvalue weighted by molar-refractivity contribution is 0.390. The third-order valence-electron chi connectivity index (χ3n) is 3.72. The van der Waals surface area contributed by atoms with Gasteiger partial charge in [-0.05, 0) is 36.8 Å². The minimum Gasteiger partial charge on any atom is -0.505 e. The van der Waals surface area contributed by atoms with E-state index in [1.165, 1.54) is 12.1 Å². The molecule has 2 rings (SSSR count). The van der Waals surface area contributed by atoms with Crippen molar-refractivity contribution in [3.8, 4) is 17.2 Å². The van der Waals surface area contributed by atoms with Crippen molar-refractivity contribution in [3.63, 3.8) is 0 Å². The predicted octanol–water partition coefficient (Wildman–Crippen LogP) is 3.42. The SMILES string of the molecule is CCNC(=NCc1ccc(O)c(F)c1)NCc1ccc(OC)cc1OC.I. The summed E-state index contributed by atoms with van der Waals surface area (Å²) in [7, 11) is 3.21. The average Bonchev–Trinajstić information content (AvgIpc) is 2.66. The van der Waals surface area contributed by atoms with Crippen LogP contribution in [0.25, 0.3) is 0 Å². The molecule has 0 bridgehead atoms. The normalized spacial score (nSPS) is 10.7. The highest BCUT2D eigenvalue weighted by molar-refractivity contribution is 14.0. The lowest BCUT2D eigenvalue weighted by atomic mass is 10.2. The Kier molecular flexibility index (Phi) is 9.70. The Bertz CT molecular complexity index is 772. The van der Waals surface area contributed by atoms with Gasteiger partial charge in [-0.1, -0.05) is 6.07 Å². The smallest absolute Gasteiger partial charge is 0.191 e. The molecule has 0 spiro atoms. The van der Waals surface area contributed by atoms with Crippen LogP contribution in [0.3, 0.4) is 0 Å². The van der Waals surface area contributed by atoms with Gasteiger partial charge in [0.2, 0.25) is 0 Å². The first kappa shape index (κ1) is 22.8.